The van der Waals surface area contributed by atoms with E-state index in [2.05, 4.69) is 0 Å². The van der Waals surface area contributed by atoms with Crippen molar-refractivity contribution in [3.8, 4) is 0 Å². The molecule has 60 valence electrons. The van der Waals surface area contributed by atoms with Gasteiger partial charge in [-0.2, -0.15) is 0 Å². The second-order valence-corrected chi connectivity index (χ2v) is 2.57. The zero-order chi connectivity index (χ0) is 8.27. The van der Waals surface area contributed by atoms with Gasteiger partial charge in [-0.25, -0.2) is 0 Å². The van der Waals surface area contributed by atoms with Gasteiger partial charge in [0, 0.05) is 0 Å². The average molecular weight is 152 g/mol. The van der Waals surface area contributed by atoms with Crippen LogP contribution >= 0.6 is 0 Å². The highest BCUT2D eigenvalue weighted by Crippen LogP contribution is 2.12. The Kier molecular flexibility index (Phi) is 2.44. The van der Waals surface area contributed by atoms with Gasteiger partial charge in [0.15, 0.2) is 0 Å². The fraction of sp³-hybridized carbons (Fsp3) is 0.375. The third-order valence-electron chi connectivity index (χ3n) is 1.74. The van der Waals surface area contributed by atoms with Crippen molar-refractivity contribution in [3.63, 3.8) is 0 Å². The number of carbonyl (C=O) groups excluding carboxylic acids is 1. The van der Waals surface area contributed by atoms with E-state index in [0.29, 0.717) is 0 Å². The van der Waals surface area contributed by atoms with Crippen LogP contribution in [0, 0.1) is 0 Å². The Morgan fingerprint density at radius 3 is 2.73 bits per heavy atom. The van der Waals surface area contributed by atoms with Crippen LogP contribution in [0.3, 0.4) is 0 Å². The highest BCUT2D eigenvalue weighted by Gasteiger charge is 2.14. The molecule has 3 heteroatoms. The van der Waals surface area contributed by atoms with Crippen LogP contribution in [0.4, 0.5) is 0 Å². The zero-order valence-corrected chi connectivity index (χ0v) is 6.29. The maximum absolute atomic E-state index is 10.6. The van der Waals surface area contributed by atoms with Gasteiger partial charge in [0.1, 0.15) is 6.04 Å². The molecule has 11 heavy (non-hydrogen) atoms. The van der Waals surface area contributed by atoms with E-state index < -0.39 is 11.9 Å². The minimum atomic E-state index is -0.597. The molecule has 0 fully saturated rings. The van der Waals surface area contributed by atoms with E-state index in [1.807, 2.05) is 18.2 Å². The van der Waals surface area contributed by atoms with Crippen molar-refractivity contribution in [3.05, 3.63) is 23.8 Å². The van der Waals surface area contributed by atoms with E-state index >= 15 is 0 Å². The Bertz CT molecular complexity index is 218. The molecule has 0 unspecified atom stereocenters. The monoisotopic (exact) mass is 152 g/mol. The molecule has 0 saturated carbocycles. The standard InChI is InChI=1S/C8H12N2O/c9-7(8(10)11)6-4-2-1-3-5-6/h1-2,5,7H,3-4,9H2,(H2,10,11)/t7-/m1/s1. The van der Waals surface area contributed by atoms with Gasteiger partial charge in [-0.1, -0.05) is 18.2 Å². The third-order valence-corrected chi connectivity index (χ3v) is 1.74. The third kappa shape index (κ3) is 1.91. The number of primary amides is 1. The van der Waals surface area contributed by atoms with E-state index in [4.69, 9.17) is 11.5 Å². The predicted octanol–water partition coefficient (Wildman–Crippen LogP) is 0.0754. The molecule has 1 atom stereocenters. The number of rotatable bonds is 2. The molecule has 1 rings (SSSR count). The normalized spacial score (nSPS) is 19.2. The van der Waals surface area contributed by atoms with Gasteiger partial charge in [-0.3, -0.25) is 4.79 Å². The number of hydrogen-bond donors (Lipinski definition) is 2. The maximum atomic E-state index is 10.6. The van der Waals surface area contributed by atoms with Crippen LogP contribution in [-0.4, -0.2) is 11.9 Å². The van der Waals surface area contributed by atoms with Gasteiger partial charge >= 0.3 is 0 Å². The first kappa shape index (κ1) is 8.01. The molecule has 0 saturated heterocycles. The van der Waals surface area contributed by atoms with E-state index in [0.717, 1.165) is 18.4 Å². The highest BCUT2D eigenvalue weighted by atomic mass is 16.1. The number of amides is 1. The number of carbonyl (C=O) groups is 1. The van der Waals surface area contributed by atoms with Gasteiger partial charge in [-0.05, 0) is 18.4 Å². The van der Waals surface area contributed by atoms with Crippen molar-refractivity contribution in [2.24, 2.45) is 11.5 Å². The molecule has 0 radical (unpaired) electrons. The first-order chi connectivity index (χ1) is 5.22. The summed E-state index contributed by atoms with van der Waals surface area (Å²) in [7, 11) is 0. The summed E-state index contributed by atoms with van der Waals surface area (Å²) < 4.78 is 0. The van der Waals surface area contributed by atoms with E-state index in [1.54, 1.807) is 0 Å². The van der Waals surface area contributed by atoms with Crippen molar-refractivity contribution in [2.75, 3.05) is 0 Å². The van der Waals surface area contributed by atoms with Crippen molar-refractivity contribution >= 4 is 5.91 Å². The lowest BCUT2D eigenvalue weighted by molar-refractivity contribution is -0.118. The highest BCUT2D eigenvalue weighted by molar-refractivity contribution is 5.83. The van der Waals surface area contributed by atoms with Gasteiger partial charge < -0.3 is 11.5 Å². The topological polar surface area (TPSA) is 69.1 Å². The largest absolute Gasteiger partial charge is 0.368 e. The molecule has 1 amide bonds. The van der Waals surface area contributed by atoms with Crippen LogP contribution in [-0.2, 0) is 4.79 Å². The second kappa shape index (κ2) is 3.34. The van der Waals surface area contributed by atoms with Crippen LogP contribution in [0.2, 0.25) is 0 Å². The van der Waals surface area contributed by atoms with Gasteiger partial charge in [0.2, 0.25) is 5.91 Å². The van der Waals surface area contributed by atoms with Crippen LogP contribution in [0.25, 0.3) is 0 Å². The summed E-state index contributed by atoms with van der Waals surface area (Å²) in [5.41, 5.74) is 11.5. The second-order valence-electron chi connectivity index (χ2n) is 2.57. The molecule has 0 aromatic rings. The predicted molar refractivity (Wildman–Crippen MR) is 43.6 cm³/mol. The SMILES string of the molecule is NC(=O)[C@H](N)C1=CCC=CC1. The molecule has 1 aliphatic carbocycles. The molecular weight excluding hydrogens is 140 g/mol. The number of allylic oxidation sites excluding steroid dienone is 3. The quantitative estimate of drug-likeness (QED) is 0.550. The summed E-state index contributed by atoms with van der Waals surface area (Å²) in [6.45, 7) is 0. The lowest BCUT2D eigenvalue weighted by Gasteiger charge is -2.12. The van der Waals surface area contributed by atoms with E-state index in [1.165, 1.54) is 0 Å². The Labute approximate surface area is 65.8 Å². The summed E-state index contributed by atoms with van der Waals surface area (Å²) in [4.78, 5) is 10.6. The van der Waals surface area contributed by atoms with Gasteiger partial charge in [-0.15, -0.1) is 0 Å². The maximum Gasteiger partial charge on any atom is 0.238 e. The van der Waals surface area contributed by atoms with Crippen molar-refractivity contribution in [1.82, 2.24) is 0 Å². The van der Waals surface area contributed by atoms with E-state index in [-0.39, 0.29) is 0 Å². The molecule has 0 aromatic heterocycles. The molecule has 1 aliphatic rings. The van der Waals surface area contributed by atoms with Crippen molar-refractivity contribution in [1.29, 1.82) is 0 Å². The molecule has 0 spiro atoms. The minimum Gasteiger partial charge on any atom is -0.368 e. The fourth-order valence-electron chi connectivity index (χ4n) is 1.06. The summed E-state index contributed by atoms with van der Waals surface area (Å²) in [5, 5.41) is 0. The molecular formula is C8H12N2O. The van der Waals surface area contributed by atoms with Crippen molar-refractivity contribution in [2.45, 2.75) is 18.9 Å². The molecule has 4 N–H and O–H groups in total. The summed E-state index contributed by atoms with van der Waals surface area (Å²) in [6, 6.07) is -0.597. The van der Waals surface area contributed by atoms with Crippen LogP contribution < -0.4 is 11.5 Å². The fourth-order valence-corrected chi connectivity index (χ4v) is 1.06. The van der Waals surface area contributed by atoms with Crippen LogP contribution in [0.5, 0.6) is 0 Å². The minimum absolute atomic E-state index is 0.452. The van der Waals surface area contributed by atoms with E-state index in [9.17, 15) is 4.79 Å². The van der Waals surface area contributed by atoms with Crippen LogP contribution in [0.15, 0.2) is 23.8 Å². The first-order valence-corrected chi connectivity index (χ1v) is 3.60. The lowest BCUT2D eigenvalue weighted by Crippen LogP contribution is -2.38. The molecule has 0 bridgehead atoms. The summed E-state index contributed by atoms with van der Waals surface area (Å²) in [5.74, 6) is -0.452. The zero-order valence-electron chi connectivity index (χ0n) is 6.29. The number of hydrogen-bond acceptors (Lipinski definition) is 2. The lowest BCUT2D eigenvalue weighted by atomic mass is 9.99. The summed E-state index contributed by atoms with van der Waals surface area (Å²) >= 11 is 0. The molecule has 0 heterocycles. The smallest absolute Gasteiger partial charge is 0.238 e. The summed E-state index contributed by atoms with van der Waals surface area (Å²) in [6.07, 6.45) is 7.60. The molecule has 0 aliphatic heterocycles. The van der Waals surface area contributed by atoms with Crippen molar-refractivity contribution < 1.29 is 4.79 Å². The molecule has 0 aromatic carbocycles. The molecule has 3 nitrogen and oxygen atoms in total. The van der Waals surface area contributed by atoms with Gasteiger partial charge in [0.05, 0.1) is 0 Å². The Morgan fingerprint density at radius 2 is 2.27 bits per heavy atom. The Hall–Kier alpha value is -1.09. The Morgan fingerprint density at radius 1 is 1.55 bits per heavy atom. The first-order valence-electron chi connectivity index (χ1n) is 3.60. The Balaban J connectivity index is 2.60. The average Bonchev–Trinajstić information content (AvgIpc) is 2.05. The van der Waals surface area contributed by atoms with Gasteiger partial charge in [0.25, 0.3) is 0 Å². The number of nitrogens with two attached hydrogens (primary N) is 2. The van der Waals surface area contributed by atoms with Crippen LogP contribution in [0.1, 0.15) is 12.8 Å².